The SMILES string of the molecule is CC1=CC=COS1. The van der Waals surface area contributed by atoms with Crippen molar-refractivity contribution in [3.63, 3.8) is 0 Å². The fourth-order valence-corrected chi connectivity index (χ4v) is 0.744. The largest absolute Gasteiger partial charge is 0.429 e. The molecule has 0 radical (unpaired) electrons. The molecule has 0 aromatic rings. The smallest absolute Gasteiger partial charge is 0.102 e. The van der Waals surface area contributed by atoms with Crippen LogP contribution in [-0.4, -0.2) is 0 Å². The Morgan fingerprint density at radius 3 is 2.86 bits per heavy atom. The summed E-state index contributed by atoms with van der Waals surface area (Å²) in [7, 11) is 0. The average molecular weight is 114 g/mol. The summed E-state index contributed by atoms with van der Waals surface area (Å²) in [6.07, 6.45) is 5.55. The third-order valence-corrected chi connectivity index (χ3v) is 1.25. The first kappa shape index (κ1) is 4.78. The van der Waals surface area contributed by atoms with Gasteiger partial charge < -0.3 is 4.18 Å². The van der Waals surface area contributed by atoms with Crippen molar-refractivity contribution in [2.45, 2.75) is 6.92 Å². The second-order valence-electron chi connectivity index (χ2n) is 1.29. The van der Waals surface area contributed by atoms with Crippen LogP contribution in [0.3, 0.4) is 0 Å². The van der Waals surface area contributed by atoms with Crippen molar-refractivity contribution >= 4 is 12.0 Å². The first-order valence-electron chi connectivity index (χ1n) is 2.06. The van der Waals surface area contributed by atoms with Crippen LogP contribution in [0.5, 0.6) is 0 Å². The highest BCUT2D eigenvalue weighted by Gasteiger charge is 1.90. The minimum absolute atomic E-state index is 1.20. The maximum Gasteiger partial charge on any atom is 0.102 e. The fraction of sp³-hybridized carbons (Fsp3) is 0.200. The zero-order valence-electron chi connectivity index (χ0n) is 4.05. The molecule has 0 aromatic heterocycles. The van der Waals surface area contributed by atoms with Crippen molar-refractivity contribution in [3.05, 3.63) is 23.3 Å². The minimum atomic E-state index is 1.20. The lowest BCUT2D eigenvalue weighted by molar-refractivity contribution is 0.567. The second-order valence-corrected chi connectivity index (χ2v) is 2.29. The molecular formula is C5H6OS. The summed E-state index contributed by atoms with van der Waals surface area (Å²) in [5.74, 6) is 0. The van der Waals surface area contributed by atoms with Gasteiger partial charge in [-0.05, 0) is 19.1 Å². The van der Waals surface area contributed by atoms with Gasteiger partial charge in [-0.15, -0.1) is 0 Å². The predicted octanol–water partition coefficient (Wildman–Crippen LogP) is 2.08. The van der Waals surface area contributed by atoms with E-state index in [1.807, 2.05) is 19.1 Å². The molecule has 38 valence electrons. The van der Waals surface area contributed by atoms with E-state index in [1.165, 1.54) is 16.9 Å². The Morgan fingerprint density at radius 2 is 2.57 bits per heavy atom. The van der Waals surface area contributed by atoms with Gasteiger partial charge in [0.25, 0.3) is 0 Å². The molecule has 2 heteroatoms. The molecule has 0 N–H and O–H groups in total. The van der Waals surface area contributed by atoms with Crippen LogP contribution in [0, 0.1) is 0 Å². The molecule has 0 atom stereocenters. The summed E-state index contributed by atoms with van der Waals surface area (Å²) >= 11 is 1.39. The van der Waals surface area contributed by atoms with Gasteiger partial charge >= 0.3 is 0 Å². The lowest BCUT2D eigenvalue weighted by Gasteiger charge is -1.99. The normalized spacial score (nSPS) is 18.1. The van der Waals surface area contributed by atoms with E-state index >= 15 is 0 Å². The zero-order chi connectivity index (χ0) is 5.11. The molecule has 0 aromatic carbocycles. The number of hydrogen-bond donors (Lipinski definition) is 0. The lowest BCUT2D eigenvalue weighted by atomic mass is 10.5. The van der Waals surface area contributed by atoms with Crippen molar-refractivity contribution in [3.8, 4) is 0 Å². The van der Waals surface area contributed by atoms with E-state index in [4.69, 9.17) is 4.18 Å². The van der Waals surface area contributed by atoms with Crippen LogP contribution in [0.1, 0.15) is 6.92 Å². The lowest BCUT2D eigenvalue weighted by Crippen LogP contribution is -1.73. The van der Waals surface area contributed by atoms with E-state index in [0.29, 0.717) is 0 Å². The monoisotopic (exact) mass is 114 g/mol. The van der Waals surface area contributed by atoms with Gasteiger partial charge in [0, 0.05) is 4.91 Å². The van der Waals surface area contributed by atoms with Crippen LogP contribution in [0.2, 0.25) is 0 Å². The second kappa shape index (κ2) is 2.07. The topological polar surface area (TPSA) is 9.23 Å². The molecular weight excluding hydrogens is 108 g/mol. The maximum absolute atomic E-state index is 4.85. The average Bonchev–Trinajstić information content (AvgIpc) is 1.69. The van der Waals surface area contributed by atoms with Crippen LogP contribution >= 0.6 is 12.0 Å². The molecule has 1 nitrogen and oxygen atoms in total. The molecule has 0 saturated carbocycles. The Morgan fingerprint density at radius 1 is 1.71 bits per heavy atom. The molecule has 1 rings (SSSR count). The summed E-state index contributed by atoms with van der Waals surface area (Å²) in [6.45, 7) is 2.01. The molecule has 0 amide bonds. The third-order valence-electron chi connectivity index (χ3n) is 0.645. The van der Waals surface area contributed by atoms with E-state index < -0.39 is 0 Å². The molecule has 0 unspecified atom stereocenters. The number of rotatable bonds is 0. The molecule has 7 heavy (non-hydrogen) atoms. The van der Waals surface area contributed by atoms with Crippen molar-refractivity contribution in [1.82, 2.24) is 0 Å². The van der Waals surface area contributed by atoms with Gasteiger partial charge in [0.1, 0.15) is 6.26 Å². The van der Waals surface area contributed by atoms with Crippen molar-refractivity contribution in [2.24, 2.45) is 0 Å². The van der Waals surface area contributed by atoms with E-state index in [2.05, 4.69) is 0 Å². The summed E-state index contributed by atoms with van der Waals surface area (Å²) in [4.78, 5) is 1.20. The zero-order valence-corrected chi connectivity index (χ0v) is 4.87. The van der Waals surface area contributed by atoms with E-state index in [9.17, 15) is 0 Å². The minimum Gasteiger partial charge on any atom is -0.429 e. The summed E-state index contributed by atoms with van der Waals surface area (Å²) in [5, 5.41) is 0. The fourth-order valence-electron chi connectivity index (χ4n) is 0.338. The Kier molecular flexibility index (Phi) is 1.42. The Labute approximate surface area is 47.3 Å². The number of allylic oxidation sites excluding steroid dienone is 3. The van der Waals surface area contributed by atoms with Gasteiger partial charge in [-0.3, -0.25) is 0 Å². The van der Waals surface area contributed by atoms with Crippen molar-refractivity contribution in [2.75, 3.05) is 0 Å². The highest BCUT2D eigenvalue weighted by molar-refractivity contribution is 7.98. The quantitative estimate of drug-likeness (QED) is 0.446. The van der Waals surface area contributed by atoms with Crippen LogP contribution < -0.4 is 0 Å². The molecule has 0 fully saturated rings. The van der Waals surface area contributed by atoms with Gasteiger partial charge in [-0.2, -0.15) is 0 Å². The van der Waals surface area contributed by atoms with Crippen LogP contribution in [-0.2, 0) is 4.18 Å². The van der Waals surface area contributed by atoms with E-state index in [0.717, 1.165) is 0 Å². The van der Waals surface area contributed by atoms with Gasteiger partial charge in [-0.1, -0.05) is 0 Å². The first-order valence-corrected chi connectivity index (χ1v) is 2.80. The molecule has 1 aliphatic rings. The summed E-state index contributed by atoms with van der Waals surface area (Å²) in [5.41, 5.74) is 0. The Bertz CT molecular complexity index is 115. The molecule has 1 aliphatic heterocycles. The summed E-state index contributed by atoms with van der Waals surface area (Å²) < 4.78 is 4.85. The molecule has 0 bridgehead atoms. The van der Waals surface area contributed by atoms with Crippen molar-refractivity contribution < 1.29 is 4.18 Å². The highest BCUT2D eigenvalue weighted by atomic mass is 32.2. The van der Waals surface area contributed by atoms with E-state index in [-0.39, 0.29) is 0 Å². The van der Waals surface area contributed by atoms with Crippen LogP contribution in [0.4, 0.5) is 0 Å². The third kappa shape index (κ3) is 1.27. The van der Waals surface area contributed by atoms with Crippen LogP contribution in [0.25, 0.3) is 0 Å². The van der Waals surface area contributed by atoms with Crippen LogP contribution in [0.15, 0.2) is 23.3 Å². The highest BCUT2D eigenvalue weighted by Crippen LogP contribution is 2.19. The molecule has 1 heterocycles. The van der Waals surface area contributed by atoms with Gasteiger partial charge in [0.2, 0.25) is 0 Å². The van der Waals surface area contributed by atoms with Gasteiger partial charge in [-0.25, -0.2) is 0 Å². The molecule has 0 aliphatic carbocycles. The first-order chi connectivity index (χ1) is 3.39. The van der Waals surface area contributed by atoms with Gasteiger partial charge in [0.15, 0.2) is 0 Å². The standard InChI is InChI=1S/C5H6OS/c1-5-3-2-4-6-7-5/h2-4H,1H3. The Balaban J connectivity index is 2.57. The summed E-state index contributed by atoms with van der Waals surface area (Å²) in [6, 6.07) is 0. The molecule has 0 spiro atoms. The van der Waals surface area contributed by atoms with Crippen molar-refractivity contribution in [1.29, 1.82) is 0 Å². The van der Waals surface area contributed by atoms with E-state index in [1.54, 1.807) is 6.26 Å². The number of hydrogen-bond acceptors (Lipinski definition) is 2. The predicted molar refractivity (Wildman–Crippen MR) is 31.6 cm³/mol. The maximum atomic E-state index is 4.85. The Hall–Kier alpha value is -0.370. The van der Waals surface area contributed by atoms with Gasteiger partial charge in [0.05, 0.1) is 12.0 Å². The molecule has 0 saturated heterocycles.